The maximum Gasteiger partial charge on any atom is 0.0834 e. The third kappa shape index (κ3) is 2.58. The van der Waals surface area contributed by atoms with Crippen molar-refractivity contribution in [1.82, 2.24) is 10.2 Å². The van der Waals surface area contributed by atoms with Crippen LogP contribution in [0, 0.1) is 0 Å². The van der Waals surface area contributed by atoms with Crippen molar-refractivity contribution in [2.75, 3.05) is 40.4 Å². The lowest BCUT2D eigenvalue weighted by atomic mass is 9.72. The van der Waals surface area contributed by atoms with Gasteiger partial charge < -0.3 is 15.2 Å². The highest BCUT2D eigenvalue weighted by molar-refractivity contribution is 5.45. The molecule has 0 amide bonds. The summed E-state index contributed by atoms with van der Waals surface area (Å²) in [5.74, 6) is 0. The van der Waals surface area contributed by atoms with Crippen molar-refractivity contribution < 1.29 is 9.84 Å². The van der Waals surface area contributed by atoms with Gasteiger partial charge in [0, 0.05) is 25.7 Å². The number of methoxy groups -OCH3 is 1. The Bertz CT molecular complexity index is 500. The van der Waals surface area contributed by atoms with Crippen LogP contribution in [0.25, 0.3) is 0 Å². The summed E-state index contributed by atoms with van der Waals surface area (Å²) in [5, 5.41) is 14.6. The fraction of sp³-hybridized carbons (Fsp3) is 0.667. The van der Waals surface area contributed by atoms with Gasteiger partial charge in [-0.05, 0) is 50.5 Å². The molecule has 1 aromatic carbocycles. The SMILES string of the molecule is COCCCN(C)[C@@H]1c2ccccc2C2(CCNCC2)[C@H]1O. The first-order chi connectivity index (χ1) is 10.7. The van der Waals surface area contributed by atoms with Crippen LogP contribution < -0.4 is 5.32 Å². The number of piperidine rings is 1. The first-order valence-corrected chi connectivity index (χ1v) is 8.38. The average Bonchev–Trinajstić information content (AvgIpc) is 2.78. The quantitative estimate of drug-likeness (QED) is 0.813. The van der Waals surface area contributed by atoms with E-state index in [0.29, 0.717) is 0 Å². The first-order valence-electron chi connectivity index (χ1n) is 8.38. The lowest BCUT2D eigenvalue weighted by molar-refractivity contribution is 0.00469. The Morgan fingerprint density at radius 3 is 2.77 bits per heavy atom. The molecular weight excluding hydrogens is 276 g/mol. The summed E-state index contributed by atoms with van der Waals surface area (Å²) in [6.07, 6.45) is 2.72. The number of aliphatic hydroxyl groups is 1. The molecule has 122 valence electrons. The summed E-state index contributed by atoms with van der Waals surface area (Å²) >= 11 is 0. The molecule has 1 aliphatic heterocycles. The molecule has 0 unspecified atom stereocenters. The number of ether oxygens (including phenoxy) is 1. The largest absolute Gasteiger partial charge is 0.390 e. The molecule has 0 aromatic heterocycles. The molecule has 4 nitrogen and oxygen atoms in total. The molecule has 2 N–H and O–H groups in total. The molecule has 2 atom stereocenters. The van der Waals surface area contributed by atoms with Crippen LogP contribution in [0.3, 0.4) is 0 Å². The maximum absolute atomic E-state index is 11.2. The lowest BCUT2D eigenvalue weighted by Gasteiger charge is -2.40. The number of nitrogens with zero attached hydrogens (tertiary/aromatic N) is 1. The summed E-state index contributed by atoms with van der Waals surface area (Å²) in [7, 11) is 3.87. The monoisotopic (exact) mass is 304 g/mol. The normalized spacial score (nSPS) is 26.5. The van der Waals surface area contributed by atoms with E-state index in [1.165, 1.54) is 11.1 Å². The second-order valence-electron chi connectivity index (χ2n) is 6.71. The van der Waals surface area contributed by atoms with E-state index in [-0.39, 0.29) is 17.6 Å². The Hall–Kier alpha value is -0.940. The highest BCUT2D eigenvalue weighted by Gasteiger charge is 2.52. The molecule has 1 heterocycles. The number of fused-ring (bicyclic) bond motifs is 2. The fourth-order valence-corrected chi connectivity index (χ4v) is 4.35. The van der Waals surface area contributed by atoms with Crippen LogP contribution in [-0.2, 0) is 10.2 Å². The minimum absolute atomic E-state index is 0.0674. The molecule has 22 heavy (non-hydrogen) atoms. The molecule has 2 aliphatic rings. The van der Waals surface area contributed by atoms with Gasteiger partial charge in [0.2, 0.25) is 0 Å². The van der Waals surface area contributed by atoms with Gasteiger partial charge in [0.15, 0.2) is 0 Å². The third-order valence-corrected chi connectivity index (χ3v) is 5.51. The van der Waals surface area contributed by atoms with Crippen molar-refractivity contribution in [1.29, 1.82) is 0 Å². The topological polar surface area (TPSA) is 44.7 Å². The molecule has 0 bridgehead atoms. The molecule has 0 radical (unpaired) electrons. The second kappa shape index (κ2) is 6.67. The van der Waals surface area contributed by atoms with Crippen molar-refractivity contribution >= 4 is 0 Å². The molecule has 1 aliphatic carbocycles. The molecule has 0 saturated carbocycles. The van der Waals surface area contributed by atoms with E-state index in [0.717, 1.165) is 45.5 Å². The number of benzene rings is 1. The molecule has 1 spiro atoms. The molecule has 3 rings (SSSR count). The zero-order chi connectivity index (χ0) is 15.6. The zero-order valence-electron chi connectivity index (χ0n) is 13.7. The van der Waals surface area contributed by atoms with Crippen LogP contribution in [0.5, 0.6) is 0 Å². The van der Waals surface area contributed by atoms with Gasteiger partial charge in [-0.3, -0.25) is 4.90 Å². The lowest BCUT2D eigenvalue weighted by Crippen LogP contribution is -2.48. The van der Waals surface area contributed by atoms with E-state index in [1.54, 1.807) is 7.11 Å². The van der Waals surface area contributed by atoms with E-state index < -0.39 is 0 Å². The Balaban J connectivity index is 1.88. The number of aliphatic hydroxyl groups excluding tert-OH is 1. The van der Waals surface area contributed by atoms with E-state index in [1.807, 2.05) is 0 Å². The number of hydrogen-bond donors (Lipinski definition) is 2. The standard InChI is InChI=1S/C18H28N2O2/c1-20(12-5-13-22-2)16-14-6-3-4-7-15(14)18(17(16)21)8-10-19-11-9-18/h3-4,6-7,16-17,19,21H,5,8-13H2,1-2H3/t16-,17+/m1/s1. The van der Waals surface area contributed by atoms with Gasteiger partial charge in [-0.15, -0.1) is 0 Å². The van der Waals surface area contributed by atoms with E-state index in [2.05, 4.69) is 41.5 Å². The Morgan fingerprint density at radius 2 is 2.05 bits per heavy atom. The van der Waals surface area contributed by atoms with E-state index >= 15 is 0 Å². The molecule has 1 fully saturated rings. The van der Waals surface area contributed by atoms with Gasteiger partial charge in [0.05, 0.1) is 12.1 Å². The summed E-state index contributed by atoms with van der Waals surface area (Å²) < 4.78 is 5.16. The molecular formula is C18H28N2O2. The zero-order valence-corrected chi connectivity index (χ0v) is 13.7. The number of hydrogen-bond acceptors (Lipinski definition) is 4. The molecule has 4 heteroatoms. The van der Waals surface area contributed by atoms with Gasteiger partial charge in [-0.25, -0.2) is 0 Å². The minimum Gasteiger partial charge on any atom is -0.390 e. The van der Waals surface area contributed by atoms with Gasteiger partial charge in [0.25, 0.3) is 0 Å². The smallest absolute Gasteiger partial charge is 0.0834 e. The van der Waals surface area contributed by atoms with Crippen LogP contribution in [0.1, 0.15) is 36.4 Å². The van der Waals surface area contributed by atoms with Gasteiger partial charge >= 0.3 is 0 Å². The van der Waals surface area contributed by atoms with Crippen LogP contribution >= 0.6 is 0 Å². The predicted octanol–water partition coefficient (Wildman–Crippen LogP) is 1.69. The van der Waals surface area contributed by atoms with Crippen molar-refractivity contribution in [2.45, 2.75) is 36.8 Å². The summed E-state index contributed by atoms with van der Waals surface area (Å²) in [6, 6.07) is 8.75. The summed E-state index contributed by atoms with van der Waals surface area (Å²) in [6.45, 7) is 3.69. The van der Waals surface area contributed by atoms with Crippen LogP contribution in [0.4, 0.5) is 0 Å². The predicted molar refractivity (Wildman–Crippen MR) is 88.1 cm³/mol. The van der Waals surface area contributed by atoms with Crippen molar-refractivity contribution in [3.8, 4) is 0 Å². The Labute approximate surface area is 133 Å². The highest BCUT2D eigenvalue weighted by Crippen LogP contribution is 2.51. The summed E-state index contributed by atoms with van der Waals surface area (Å²) in [5.41, 5.74) is 2.62. The number of nitrogens with one attached hydrogen (secondary N) is 1. The Kier molecular flexibility index (Phi) is 4.83. The average molecular weight is 304 g/mol. The second-order valence-corrected chi connectivity index (χ2v) is 6.71. The van der Waals surface area contributed by atoms with Crippen molar-refractivity contribution in [3.05, 3.63) is 35.4 Å². The number of rotatable bonds is 5. The van der Waals surface area contributed by atoms with Crippen LogP contribution in [0.15, 0.2) is 24.3 Å². The van der Waals surface area contributed by atoms with Crippen LogP contribution in [-0.4, -0.2) is 56.5 Å². The highest BCUT2D eigenvalue weighted by atomic mass is 16.5. The number of likely N-dealkylation sites (N-methyl/N-ethyl adjacent to an activating group) is 1. The minimum atomic E-state index is -0.320. The van der Waals surface area contributed by atoms with Crippen molar-refractivity contribution in [3.63, 3.8) is 0 Å². The van der Waals surface area contributed by atoms with E-state index in [4.69, 9.17) is 4.74 Å². The van der Waals surface area contributed by atoms with Crippen LogP contribution in [0.2, 0.25) is 0 Å². The van der Waals surface area contributed by atoms with Crippen molar-refractivity contribution in [2.24, 2.45) is 0 Å². The summed E-state index contributed by atoms with van der Waals surface area (Å²) in [4.78, 5) is 2.30. The Morgan fingerprint density at radius 1 is 1.32 bits per heavy atom. The molecule has 1 aromatic rings. The third-order valence-electron chi connectivity index (χ3n) is 5.51. The molecule has 1 saturated heterocycles. The van der Waals surface area contributed by atoms with Gasteiger partial charge in [-0.1, -0.05) is 24.3 Å². The first kappa shape index (κ1) is 15.9. The maximum atomic E-state index is 11.2. The van der Waals surface area contributed by atoms with Gasteiger partial charge in [-0.2, -0.15) is 0 Å². The fourth-order valence-electron chi connectivity index (χ4n) is 4.35. The van der Waals surface area contributed by atoms with E-state index in [9.17, 15) is 5.11 Å². The van der Waals surface area contributed by atoms with Gasteiger partial charge in [0.1, 0.15) is 0 Å².